The minimum Gasteiger partial charge on any atom is -0.454 e. The summed E-state index contributed by atoms with van der Waals surface area (Å²) in [7, 11) is 0. The maximum atomic E-state index is 13.5. The Labute approximate surface area is 531 Å². The largest absolute Gasteiger partial charge is 0.454 e. The molecule has 0 spiro atoms. The van der Waals surface area contributed by atoms with Crippen LogP contribution in [-0.2, 0) is 23.8 Å². The van der Waals surface area contributed by atoms with Gasteiger partial charge in [-0.05, 0) is 116 Å². The fraction of sp³-hybridized carbons (Fsp3) is 0.684. The van der Waals surface area contributed by atoms with Crippen molar-refractivity contribution < 1.29 is 49.3 Å². The third kappa shape index (κ3) is 49.3. The number of hydrogen-bond donors (Lipinski definition) is 6. The molecule has 496 valence electrons. The molecule has 8 unspecified atom stereocenters. The summed E-state index contributed by atoms with van der Waals surface area (Å²) in [5.41, 5.74) is 0. The Morgan fingerprint density at radius 3 is 1.24 bits per heavy atom. The van der Waals surface area contributed by atoms with Gasteiger partial charge in [0.05, 0.1) is 25.4 Å². The van der Waals surface area contributed by atoms with Gasteiger partial charge in [-0.3, -0.25) is 9.59 Å². The number of aliphatic hydroxyl groups excluding tert-OH is 5. The van der Waals surface area contributed by atoms with Crippen LogP contribution in [0.5, 0.6) is 0 Å². The molecule has 0 bridgehead atoms. The molecular weight excluding hydrogens is 1090 g/mol. The molecule has 0 aromatic rings. The van der Waals surface area contributed by atoms with Crippen LogP contribution in [0.25, 0.3) is 0 Å². The predicted molar refractivity (Wildman–Crippen MR) is 365 cm³/mol. The van der Waals surface area contributed by atoms with Crippen molar-refractivity contribution >= 4 is 11.9 Å². The van der Waals surface area contributed by atoms with E-state index in [9.17, 15) is 35.1 Å². The van der Waals surface area contributed by atoms with Gasteiger partial charge in [0.25, 0.3) is 0 Å². The molecule has 0 aromatic carbocycles. The second-order valence-electron chi connectivity index (χ2n) is 23.5. The molecule has 11 nitrogen and oxygen atoms in total. The summed E-state index contributed by atoms with van der Waals surface area (Å²) < 4.78 is 17.7. The summed E-state index contributed by atoms with van der Waals surface area (Å²) in [4.78, 5) is 26.7. The Kier molecular flexibility index (Phi) is 57.6. The molecule has 1 fully saturated rings. The van der Waals surface area contributed by atoms with Crippen molar-refractivity contribution in [1.82, 2.24) is 5.32 Å². The SMILES string of the molecule is CC/C=C\C/C=C\C/C=C\C/C=C\C/C=C\CCCCCCCCCCCCC(O)C(=O)NC(COC1OC(CO)C(O)C(O)C1OC(=O)CCCCCCC/C=C\C/C=C\C/C=C\C/C=C\C/C=C\CC)C(O)/C=C/CCCCCCCCCCC. The van der Waals surface area contributed by atoms with E-state index in [0.29, 0.717) is 12.8 Å². The fourth-order valence-electron chi connectivity index (χ4n) is 10.1. The van der Waals surface area contributed by atoms with Gasteiger partial charge in [0.1, 0.15) is 24.4 Å². The number of nitrogens with one attached hydrogen (secondary N) is 1. The lowest BCUT2D eigenvalue weighted by Gasteiger charge is -2.41. The van der Waals surface area contributed by atoms with Crippen molar-refractivity contribution in [3.63, 3.8) is 0 Å². The monoisotopic (exact) mass is 1210 g/mol. The molecule has 1 aliphatic rings. The van der Waals surface area contributed by atoms with Crippen molar-refractivity contribution in [2.45, 2.75) is 320 Å². The van der Waals surface area contributed by atoms with Crippen molar-refractivity contribution in [3.05, 3.63) is 134 Å². The van der Waals surface area contributed by atoms with Crippen LogP contribution in [-0.4, -0.2) is 99.6 Å². The Bertz CT molecular complexity index is 1930. The average Bonchev–Trinajstić information content (AvgIpc) is 1.30. The number of carbonyl (C=O) groups is 2. The van der Waals surface area contributed by atoms with Gasteiger partial charge in [0, 0.05) is 6.42 Å². The zero-order chi connectivity index (χ0) is 63.1. The van der Waals surface area contributed by atoms with Crippen molar-refractivity contribution in [2.75, 3.05) is 13.2 Å². The number of unbranched alkanes of at least 4 members (excludes halogenated alkanes) is 24. The second kappa shape index (κ2) is 62.0. The van der Waals surface area contributed by atoms with E-state index < -0.39 is 67.4 Å². The van der Waals surface area contributed by atoms with E-state index in [1.165, 1.54) is 77.0 Å². The third-order valence-electron chi connectivity index (χ3n) is 15.5. The first-order valence-corrected chi connectivity index (χ1v) is 35.0. The van der Waals surface area contributed by atoms with E-state index in [1.54, 1.807) is 6.08 Å². The van der Waals surface area contributed by atoms with Gasteiger partial charge in [-0.1, -0.05) is 283 Å². The summed E-state index contributed by atoms with van der Waals surface area (Å²) >= 11 is 0. The van der Waals surface area contributed by atoms with Crippen LogP contribution in [0.2, 0.25) is 0 Å². The Morgan fingerprint density at radius 2 is 0.828 bits per heavy atom. The van der Waals surface area contributed by atoms with Crippen LogP contribution in [0.3, 0.4) is 0 Å². The van der Waals surface area contributed by atoms with E-state index in [4.69, 9.17) is 14.2 Å². The van der Waals surface area contributed by atoms with Crippen molar-refractivity contribution in [1.29, 1.82) is 0 Å². The Balaban J connectivity index is 2.58. The quantitative estimate of drug-likeness (QED) is 0.0195. The van der Waals surface area contributed by atoms with Crippen LogP contribution in [0.4, 0.5) is 0 Å². The molecular formula is C76H127NO10. The van der Waals surface area contributed by atoms with Crippen LogP contribution in [0.15, 0.2) is 134 Å². The minimum absolute atomic E-state index is 0.0944. The lowest BCUT2D eigenvalue weighted by atomic mass is 9.99. The standard InChI is InChI=1S/C76H127NO10/c1-4-7-10-13-16-19-22-24-26-28-30-32-33-34-35-36-38-39-41-43-45-48-51-54-57-60-63-69(80)75(84)77-67(68(79)62-59-56-53-50-47-21-18-15-12-9-6-3)66-85-76-74(73(83)72(82)70(65-78)86-76)87-71(81)64-61-58-55-52-49-46-44-42-40-37-31-29-27-25-23-20-17-14-11-8-5-2/h7-8,10-11,16-17,19-20,24-27,30-32,34-35,37,42,44,59,62,67-70,72-74,76,78-80,82-83H,4-6,9,12-15,18,21-23,28-29,33,36,38-41,43,45-58,60-61,63-66H2,1-3H3,(H,77,84)/b10-7-,11-8-,19-16-,20-17-,26-24-,27-25-,32-30-,35-34-,37-31-,44-42-,62-59+. The van der Waals surface area contributed by atoms with Gasteiger partial charge in [0.15, 0.2) is 12.4 Å². The van der Waals surface area contributed by atoms with Gasteiger partial charge in [0.2, 0.25) is 5.91 Å². The summed E-state index contributed by atoms with van der Waals surface area (Å²) in [5.74, 6) is -1.22. The number of aliphatic hydroxyl groups is 5. The molecule has 1 saturated heterocycles. The number of rotatable bonds is 58. The van der Waals surface area contributed by atoms with E-state index in [2.05, 4.69) is 148 Å². The summed E-state index contributed by atoms with van der Waals surface area (Å²) in [6.07, 6.45) is 77.7. The molecule has 0 aromatic heterocycles. The summed E-state index contributed by atoms with van der Waals surface area (Å²) in [5, 5.41) is 57.2. The Morgan fingerprint density at radius 1 is 0.460 bits per heavy atom. The molecule has 1 amide bonds. The molecule has 1 aliphatic heterocycles. The fourth-order valence-corrected chi connectivity index (χ4v) is 10.1. The van der Waals surface area contributed by atoms with Crippen LogP contribution < -0.4 is 5.32 Å². The maximum absolute atomic E-state index is 13.5. The number of ether oxygens (including phenoxy) is 3. The number of esters is 1. The number of allylic oxidation sites excluding steroid dienone is 21. The predicted octanol–water partition coefficient (Wildman–Crippen LogP) is 18.0. The molecule has 0 radical (unpaired) electrons. The first-order valence-electron chi connectivity index (χ1n) is 35.0. The highest BCUT2D eigenvalue weighted by Gasteiger charge is 2.47. The third-order valence-corrected chi connectivity index (χ3v) is 15.5. The van der Waals surface area contributed by atoms with Crippen LogP contribution in [0, 0.1) is 0 Å². The van der Waals surface area contributed by atoms with E-state index in [-0.39, 0.29) is 19.4 Å². The summed E-state index contributed by atoms with van der Waals surface area (Å²) in [6.45, 7) is 5.55. The van der Waals surface area contributed by atoms with E-state index in [1.807, 2.05) is 6.08 Å². The highest BCUT2D eigenvalue weighted by Crippen LogP contribution is 2.26. The molecule has 1 rings (SSSR count). The van der Waals surface area contributed by atoms with Crippen LogP contribution in [0.1, 0.15) is 271 Å². The molecule has 0 aliphatic carbocycles. The normalized spacial score (nSPS) is 19.1. The van der Waals surface area contributed by atoms with E-state index in [0.717, 1.165) is 148 Å². The van der Waals surface area contributed by atoms with Gasteiger partial charge in [-0.2, -0.15) is 0 Å². The van der Waals surface area contributed by atoms with Gasteiger partial charge in [-0.25, -0.2) is 0 Å². The smallest absolute Gasteiger partial charge is 0.306 e. The topological polar surface area (TPSA) is 175 Å². The van der Waals surface area contributed by atoms with Crippen LogP contribution >= 0.6 is 0 Å². The minimum atomic E-state index is -1.63. The first kappa shape index (κ1) is 80.8. The average molecular weight is 1210 g/mol. The van der Waals surface area contributed by atoms with Gasteiger partial charge >= 0.3 is 5.97 Å². The summed E-state index contributed by atoms with van der Waals surface area (Å²) in [6, 6.07) is -1.04. The van der Waals surface area contributed by atoms with Gasteiger partial charge < -0.3 is 45.1 Å². The highest BCUT2D eigenvalue weighted by atomic mass is 16.7. The number of hydrogen-bond acceptors (Lipinski definition) is 10. The van der Waals surface area contributed by atoms with Crippen molar-refractivity contribution in [2.24, 2.45) is 0 Å². The number of amides is 1. The lowest BCUT2D eigenvalue weighted by molar-refractivity contribution is -0.305. The zero-order valence-electron chi connectivity index (χ0n) is 55.1. The van der Waals surface area contributed by atoms with E-state index >= 15 is 0 Å². The maximum Gasteiger partial charge on any atom is 0.306 e. The Hall–Kier alpha value is -4.20. The van der Waals surface area contributed by atoms with Gasteiger partial charge in [-0.15, -0.1) is 0 Å². The zero-order valence-corrected chi connectivity index (χ0v) is 55.1. The molecule has 87 heavy (non-hydrogen) atoms. The molecule has 6 N–H and O–H groups in total. The highest BCUT2D eigenvalue weighted by molar-refractivity contribution is 5.80. The molecule has 0 saturated carbocycles. The first-order chi connectivity index (χ1) is 42.7. The molecule has 11 heteroatoms. The lowest BCUT2D eigenvalue weighted by Crippen LogP contribution is -2.61. The molecule has 1 heterocycles. The molecule has 8 atom stereocenters. The second-order valence-corrected chi connectivity index (χ2v) is 23.5. The number of carbonyl (C=O) groups excluding carboxylic acids is 2. The van der Waals surface area contributed by atoms with Crippen molar-refractivity contribution in [3.8, 4) is 0 Å².